The summed E-state index contributed by atoms with van der Waals surface area (Å²) in [6.07, 6.45) is 3.39. The van der Waals surface area contributed by atoms with Crippen molar-refractivity contribution in [3.8, 4) is 0 Å². The number of nitrogens with zero attached hydrogens (tertiary/aromatic N) is 3. The van der Waals surface area contributed by atoms with Crippen LogP contribution in [-0.4, -0.2) is 29.8 Å². The molecule has 2 rings (SSSR count). The molecule has 5 heteroatoms. The monoisotopic (exact) mass is 206 g/mol. The third-order valence-electron chi connectivity index (χ3n) is 2.63. The fourth-order valence-corrected chi connectivity index (χ4v) is 1.47. The highest BCUT2D eigenvalue weighted by Crippen LogP contribution is 2.24. The van der Waals surface area contributed by atoms with Gasteiger partial charge in [-0.05, 0) is 13.0 Å². The average Bonchev–Trinajstić information content (AvgIpc) is 2.74. The molecule has 2 heterocycles. The lowest BCUT2D eigenvalue weighted by molar-refractivity contribution is 0.448. The van der Waals surface area contributed by atoms with Crippen LogP contribution in [0.25, 0.3) is 11.1 Å². The van der Waals surface area contributed by atoms with Gasteiger partial charge in [-0.1, -0.05) is 5.16 Å². The van der Waals surface area contributed by atoms with Gasteiger partial charge in [-0.15, -0.1) is 0 Å². The second kappa shape index (κ2) is 3.86. The summed E-state index contributed by atoms with van der Waals surface area (Å²) in [7, 11) is 2.00. The van der Waals surface area contributed by atoms with E-state index in [9.17, 15) is 0 Å². The first-order valence-corrected chi connectivity index (χ1v) is 4.86. The molecule has 0 saturated heterocycles. The molecule has 5 nitrogen and oxygen atoms in total. The topological polar surface area (TPSA) is 68.2 Å². The van der Waals surface area contributed by atoms with Gasteiger partial charge in [0.2, 0.25) is 0 Å². The Morgan fingerprint density at radius 2 is 2.40 bits per heavy atom. The number of nitrogens with two attached hydrogens (primary N) is 1. The quantitative estimate of drug-likeness (QED) is 0.811. The van der Waals surface area contributed by atoms with Gasteiger partial charge in [0.25, 0.3) is 5.71 Å². The Bertz CT molecular complexity index is 453. The minimum Gasteiger partial charge on any atom is -0.370 e. The van der Waals surface area contributed by atoms with E-state index in [1.54, 1.807) is 12.4 Å². The minimum atomic E-state index is 0.269. The Morgan fingerprint density at radius 1 is 1.60 bits per heavy atom. The van der Waals surface area contributed by atoms with Gasteiger partial charge in [0.1, 0.15) is 0 Å². The summed E-state index contributed by atoms with van der Waals surface area (Å²) in [4.78, 5) is 6.18. The van der Waals surface area contributed by atoms with Gasteiger partial charge < -0.3 is 15.2 Å². The number of aromatic nitrogens is 2. The summed E-state index contributed by atoms with van der Waals surface area (Å²) < 4.78 is 5.00. The molecular weight excluding hydrogens is 192 g/mol. The second-order valence-corrected chi connectivity index (χ2v) is 3.57. The fourth-order valence-electron chi connectivity index (χ4n) is 1.47. The van der Waals surface area contributed by atoms with Crippen LogP contribution in [0.15, 0.2) is 23.0 Å². The van der Waals surface area contributed by atoms with Gasteiger partial charge in [0.15, 0.2) is 0 Å². The first kappa shape index (κ1) is 9.92. The van der Waals surface area contributed by atoms with E-state index in [0.717, 1.165) is 11.1 Å². The van der Waals surface area contributed by atoms with E-state index in [1.807, 2.05) is 13.1 Å². The first-order valence-electron chi connectivity index (χ1n) is 4.86. The van der Waals surface area contributed by atoms with E-state index in [0.29, 0.717) is 12.3 Å². The molecule has 2 N–H and O–H groups in total. The van der Waals surface area contributed by atoms with Gasteiger partial charge in [-0.25, -0.2) is 4.98 Å². The summed E-state index contributed by atoms with van der Waals surface area (Å²) in [5.41, 5.74) is 7.23. The molecule has 2 aromatic heterocycles. The number of fused-ring (bicyclic) bond motifs is 1. The predicted molar refractivity (Wildman–Crippen MR) is 58.7 cm³/mol. The predicted octanol–water partition coefficient (Wildman–Crippen LogP) is 1.01. The zero-order chi connectivity index (χ0) is 10.8. The maximum Gasteiger partial charge on any atom is 0.259 e. The highest BCUT2D eigenvalue weighted by molar-refractivity contribution is 5.87. The van der Waals surface area contributed by atoms with E-state index in [1.165, 1.54) is 0 Å². The minimum absolute atomic E-state index is 0.269. The molecule has 0 aliphatic carbocycles. The van der Waals surface area contributed by atoms with Gasteiger partial charge in [-0.2, -0.15) is 0 Å². The molecule has 15 heavy (non-hydrogen) atoms. The molecule has 0 aliphatic rings. The molecule has 2 aromatic rings. The molecule has 0 aromatic carbocycles. The number of pyridine rings is 1. The average molecular weight is 206 g/mol. The van der Waals surface area contributed by atoms with Crippen LogP contribution in [0.4, 0.5) is 5.69 Å². The highest BCUT2D eigenvalue weighted by Gasteiger charge is 2.13. The molecule has 0 aliphatic heterocycles. The Labute approximate surface area is 87.9 Å². The molecule has 0 fully saturated rings. The Kier molecular flexibility index (Phi) is 2.55. The van der Waals surface area contributed by atoms with Crippen LogP contribution in [-0.2, 0) is 0 Å². The molecule has 0 saturated carbocycles. The van der Waals surface area contributed by atoms with E-state index < -0.39 is 0 Å². The van der Waals surface area contributed by atoms with Crippen molar-refractivity contribution in [1.82, 2.24) is 10.1 Å². The number of rotatable bonds is 3. The molecule has 1 atom stereocenters. The molecule has 0 radical (unpaired) electrons. The SMILES string of the molecule is CC(CN)N(C)c1ccnc2oncc12. The lowest BCUT2D eigenvalue weighted by atomic mass is 10.2. The third kappa shape index (κ3) is 1.66. The van der Waals surface area contributed by atoms with Crippen molar-refractivity contribution >= 4 is 16.8 Å². The summed E-state index contributed by atoms with van der Waals surface area (Å²) in [5, 5.41) is 4.65. The normalized spacial score (nSPS) is 13.0. The Balaban J connectivity index is 2.46. The zero-order valence-electron chi connectivity index (χ0n) is 8.84. The van der Waals surface area contributed by atoms with Crippen LogP contribution in [0.1, 0.15) is 6.92 Å². The molecule has 0 bridgehead atoms. The first-order chi connectivity index (χ1) is 7.24. The van der Waals surface area contributed by atoms with Gasteiger partial charge in [0, 0.05) is 25.8 Å². The van der Waals surface area contributed by atoms with Crippen molar-refractivity contribution in [3.05, 3.63) is 18.5 Å². The highest BCUT2D eigenvalue weighted by atomic mass is 16.5. The fraction of sp³-hybridized carbons (Fsp3) is 0.400. The zero-order valence-corrected chi connectivity index (χ0v) is 8.84. The van der Waals surface area contributed by atoms with Crippen molar-refractivity contribution in [2.45, 2.75) is 13.0 Å². The Morgan fingerprint density at radius 3 is 3.13 bits per heavy atom. The molecule has 80 valence electrons. The molecule has 1 unspecified atom stereocenters. The van der Waals surface area contributed by atoms with Crippen LogP contribution in [0.2, 0.25) is 0 Å². The molecular formula is C10H14N4O. The van der Waals surface area contributed by atoms with E-state index >= 15 is 0 Å². The number of hydrogen-bond donors (Lipinski definition) is 1. The van der Waals surface area contributed by atoms with Crippen LogP contribution >= 0.6 is 0 Å². The smallest absolute Gasteiger partial charge is 0.259 e. The maximum absolute atomic E-state index is 5.63. The van der Waals surface area contributed by atoms with Crippen molar-refractivity contribution in [2.75, 3.05) is 18.5 Å². The molecule has 0 amide bonds. The van der Waals surface area contributed by atoms with Crippen molar-refractivity contribution in [3.63, 3.8) is 0 Å². The molecule has 0 spiro atoms. The third-order valence-corrected chi connectivity index (χ3v) is 2.63. The number of likely N-dealkylation sites (N-methyl/N-ethyl adjacent to an activating group) is 1. The maximum atomic E-state index is 5.63. The van der Waals surface area contributed by atoms with Crippen LogP contribution in [0.5, 0.6) is 0 Å². The van der Waals surface area contributed by atoms with Crippen LogP contribution in [0, 0.1) is 0 Å². The number of anilines is 1. The summed E-state index contributed by atoms with van der Waals surface area (Å²) in [5.74, 6) is 0. The van der Waals surface area contributed by atoms with Gasteiger partial charge in [-0.3, -0.25) is 0 Å². The van der Waals surface area contributed by atoms with Crippen molar-refractivity contribution in [2.24, 2.45) is 5.73 Å². The van der Waals surface area contributed by atoms with Gasteiger partial charge >= 0.3 is 0 Å². The van der Waals surface area contributed by atoms with E-state index in [4.69, 9.17) is 10.3 Å². The largest absolute Gasteiger partial charge is 0.370 e. The summed E-state index contributed by atoms with van der Waals surface area (Å²) >= 11 is 0. The van der Waals surface area contributed by atoms with Crippen molar-refractivity contribution in [1.29, 1.82) is 0 Å². The van der Waals surface area contributed by atoms with E-state index in [2.05, 4.69) is 22.0 Å². The van der Waals surface area contributed by atoms with Gasteiger partial charge in [0.05, 0.1) is 17.3 Å². The standard InChI is InChI=1S/C10H14N4O/c1-7(5-11)14(2)9-3-4-12-10-8(9)6-13-15-10/h3-4,6-7H,5,11H2,1-2H3. The lowest BCUT2D eigenvalue weighted by Gasteiger charge is -2.25. The summed E-state index contributed by atoms with van der Waals surface area (Å²) in [6, 6.07) is 2.21. The van der Waals surface area contributed by atoms with Crippen LogP contribution in [0.3, 0.4) is 0 Å². The van der Waals surface area contributed by atoms with Crippen molar-refractivity contribution < 1.29 is 4.52 Å². The Hall–Kier alpha value is -1.62. The second-order valence-electron chi connectivity index (χ2n) is 3.57. The van der Waals surface area contributed by atoms with E-state index in [-0.39, 0.29) is 6.04 Å². The summed E-state index contributed by atoms with van der Waals surface area (Å²) in [6.45, 7) is 2.67. The number of hydrogen-bond acceptors (Lipinski definition) is 5. The lowest BCUT2D eigenvalue weighted by Crippen LogP contribution is -2.35. The van der Waals surface area contributed by atoms with Crippen LogP contribution < -0.4 is 10.6 Å².